The van der Waals surface area contributed by atoms with Crippen LogP contribution < -0.4 is 14.8 Å². The Morgan fingerprint density at radius 2 is 1.40 bits per heavy atom. The van der Waals surface area contributed by atoms with Gasteiger partial charge in [0.25, 0.3) is 0 Å². The van der Waals surface area contributed by atoms with Crippen LogP contribution in [0.4, 0.5) is 0 Å². The number of carbonyl (C=O) groups excluding carboxylic acids is 2. The summed E-state index contributed by atoms with van der Waals surface area (Å²) in [5, 5.41) is 14.3. The normalized spacial score (nSPS) is 39.8. The van der Waals surface area contributed by atoms with Crippen molar-refractivity contribution >= 4 is 11.9 Å². The lowest BCUT2D eigenvalue weighted by atomic mass is 9.49. The summed E-state index contributed by atoms with van der Waals surface area (Å²) in [4.78, 5) is 27.6. The van der Waals surface area contributed by atoms with Gasteiger partial charge in [-0.25, -0.2) is 0 Å². The van der Waals surface area contributed by atoms with E-state index in [-0.39, 0.29) is 29.1 Å². The first-order valence-corrected chi connectivity index (χ1v) is 16.0. The number of hydrogen-bond acceptors (Lipinski definition) is 6. The van der Waals surface area contributed by atoms with Crippen LogP contribution in [0.15, 0.2) is 18.2 Å². The molecule has 0 saturated heterocycles. The van der Waals surface area contributed by atoms with Gasteiger partial charge in [0.05, 0.1) is 17.4 Å². The topological polar surface area (TPSA) is 84.9 Å². The zero-order valence-electron chi connectivity index (χ0n) is 24.5. The van der Waals surface area contributed by atoms with Gasteiger partial charge in [-0.3, -0.25) is 9.59 Å². The first kappa shape index (κ1) is 26.9. The molecule has 6 heteroatoms. The third-order valence-corrected chi connectivity index (χ3v) is 11.6. The SMILES string of the molecule is CC(C)(C)NCC(O)c1ccc(OC(=O)C23CC4CC(CC(C4)C2)C3)c(OC(=O)C2C3CC4CC(C3)CC2C4)c1. The molecule has 0 amide bonds. The third-order valence-electron chi connectivity index (χ3n) is 11.6. The third kappa shape index (κ3) is 5.02. The Morgan fingerprint density at radius 3 is 1.95 bits per heavy atom. The molecule has 0 aliphatic heterocycles. The lowest BCUT2D eigenvalue weighted by molar-refractivity contribution is -0.162. The van der Waals surface area contributed by atoms with Gasteiger partial charge in [0.15, 0.2) is 11.5 Å². The van der Waals surface area contributed by atoms with E-state index in [0.717, 1.165) is 56.8 Å². The first-order valence-electron chi connectivity index (χ1n) is 16.0. The molecule has 8 aliphatic carbocycles. The van der Waals surface area contributed by atoms with Gasteiger partial charge < -0.3 is 19.9 Å². The van der Waals surface area contributed by atoms with Crippen molar-refractivity contribution in [2.24, 2.45) is 52.8 Å². The van der Waals surface area contributed by atoms with E-state index in [1.165, 1.54) is 25.7 Å². The minimum Gasteiger partial charge on any atom is -0.422 e. The van der Waals surface area contributed by atoms with Crippen molar-refractivity contribution in [1.82, 2.24) is 5.32 Å². The Labute approximate surface area is 239 Å². The van der Waals surface area contributed by atoms with Gasteiger partial charge in [0.1, 0.15) is 0 Å². The number of nitrogens with one attached hydrogen (secondary N) is 1. The molecular formula is C34H47NO5. The molecule has 218 valence electrons. The molecule has 8 fully saturated rings. The van der Waals surface area contributed by atoms with Gasteiger partial charge in [-0.2, -0.15) is 0 Å². The van der Waals surface area contributed by atoms with Crippen molar-refractivity contribution in [3.05, 3.63) is 23.8 Å². The molecule has 1 atom stereocenters. The summed E-state index contributed by atoms with van der Waals surface area (Å²) in [5.74, 6) is 4.48. The molecule has 6 nitrogen and oxygen atoms in total. The minimum absolute atomic E-state index is 0.0735. The number of carbonyl (C=O) groups is 2. The van der Waals surface area contributed by atoms with Gasteiger partial charge in [-0.1, -0.05) is 6.07 Å². The molecule has 0 aromatic heterocycles. The van der Waals surface area contributed by atoms with E-state index in [0.29, 0.717) is 47.4 Å². The van der Waals surface area contributed by atoms with Gasteiger partial charge in [-0.05, 0) is 151 Å². The molecule has 8 saturated carbocycles. The molecule has 8 aliphatic rings. The fraction of sp³-hybridized carbons (Fsp3) is 0.765. The maximum Gasteiger partial charge on any atom is 0.317 e. The van der Waals surface area contributed by atoms with Crippen LogP contribution in [0.25, 0.3) is 0 Å². The maximum atomic E-state index is 13.8. The molecule has 8 bridgehead atoms. The molecule has 1 aromatic rings. The second-order valence-electron chi connectivity index (χ2n) is 15.8. The molecule has 1 aromatic carbocycles. The second-order valence-corrected chi connectivity index (χ2v) is 15.8. The molecule has 0 heterocycles. The standard InChI is InChI=1S/C34H47NO5/c1-33(2,3)35-18-27(36)24-4-5-28(40-32(38)34-15-21-7-22(16-34)9-23(8-21)17-34)29(14-24)39-31(37)30-25-10-19-6-20(12-25)13-26(30)11-19/h4-5,14,19-23,25-27,30,35-36H,6-13,15-18H2,1-3H3. The Kier molecular flexibility index (Phi) is 6.62. The highest BCUT2D eigenvalue weighted by Crippen LogP contribution is 2.61. The number of hydrogen-bond donors (Lipinski definition) is 2. The van der Waals surface area contributed by atoms with Crippen LogP contribution in [0.2, 0.25) is 0 Å². The van der Waals surface area contributed by atoms with Crippen molar-refractivity contribution < 1.29 is 24.2 Å². The van der Waals surface area contributed by atoms with Crippen molar-refractivity contribution in [2.45, 2.75) is 103 Å². The molecule has 0 radical (unpaired) electrons. The molecular weight excluding hydrogens is 502 g/mol. The predicted molar refractivity (Wildman–Crippen MR) is 152 cm³/mol. The number of rotatable bonds is 7. The average Bonchev–Trinajstić information content (AvgIpc) is 2.86. The zero-order valence-corrected chi connectivity index (χ0v) is 24.5. The van der Waals surface area contributed by atoms with Crippen LogP contribution in [0.3, 0.4) is 0 Å². The molecule has 9 rings (SSSR count). The predicted octanol–water partition coefficient (Wildman–Crippen LogP) is 6.21. The van der Waals surface area contributed by atoms with Crippen molar-refractivity contribution in [2.75, 3.05) is 6.54 Å². The fourth-order valence-electron chi connectivity index (χ4n) is 10.5. The summed E-state index contributed by atoms with van der Waals surface area (Å²) < 4.78 is 12.4. The first-order chi connectivity index (χ1) is 19.0. The Balaban J connectivity index is 1.13. The number of benzene rings is 1. The quantitative estimate of drug-likeness (QED) is 0.311. The highest BCUT2D eigenvalue weighted by Gasteiger charge is 2.56. The number of esters is 2. The monoisotopic (exact) mass is 549 g/mol. The van der Waals surface area contributed by atoms with E-state index in [9.17, 15) is 14.7 Å². The number of β-amino-alcohol motifs (C(OH)–C–C–N with tert-alkyl or cyclic N) is 1. The summed E-state index contributed by atoms with van der Waals surface area (Å²) in [5.41, 5.74) is 0.120. The number of aliphatic hydroxyl groups excluding tert-OH is 1. The Morgan fingerprint density at radius 1 is 0.850 bits per heavy atom. The van der Waals surface area contributed by atoms with Crippen molar-refractivity contribution in [1.29, 1.82) is 0 Å². The summed E-state index contributed by atoms with van der Waals surface area (Å²) in [6.45, 7) is 6.56. The van der Waals surface area contributed by atoms with Crippen LogP contribution in [-0.4, -0.2) is 29.1 Å². The number of ether oxygens (including phenoxy) is 2. The Bertz CT molecular complexity index is 1100. The highest BCUT2D eigenvalue weighted by molar-refractivity contribution is 5.82. The average molecular weight is 550 g/mol. The van der Waals surface area contributed by atoms with Crippen LogP contribution in [-0.2, 0) is 9.59 Å². The van der Waals surface area contributed by atoms with Crippen LogP contribution in [0.1, 0.15) is 103 Å². The van der Waals surface area contributed by atoms with Gasteiger partial charge in [-0.15, -0.1) is 0 Å². The van der Waals surface area contributed by atoms with E-state index in [1.807, 2.05) is 0 Å². The van der Waals surface area contributed by atoms with Gasteiger partial charge in [0.2, 0.25) is 0 Å². The van der Waals surface area contributed by atoms with E-state index in [4.69, 9.17) is 9.47 Å². The van der Waals surface area contributed by atoms with E-state index < -0.39 is 11.5 Å². The van der Waals surface area contributed by atoms with E-state index >= 15 is 0 Å². The summed E-state index contributed by atoms with van der Waals surface area (Å²) >= 11 is 0. The largest absolute Gasteiger partial charge is 0.422 e. The summed E-state index contributed by atoms with van der Waals surface area (Å²) in [7, 11) is 0. The Hall–Kier alpha value is -1.92. The lowest BCUT2D eigenvalue weighted by Crippen LogP contribution is -2.51. The second kappa shape index (κ2) is 9.83. The van der Waals surface area contributed by atoms with Crippen LogP contribution >= 0.6 is 0 Å². The number of aliphatic hydroxyl groups is 1. The van der Waals surface area contributed by atoms with Gasteiger partial charge >= 0.3 is 11.9 Å². The smallest absolute Gasteiger partial charge is 0.317 e. The minimum atomic E-state index is -0.772. The molecule has 40 heavy (non-hydrogen) atoms. The van der Waals surface area contributed by atoms with E-state index in [1.54, 1.807) is 18.2 Å². The van der Waals surface area contributed by atoms with Crippen molar-refractivity contribution in [3.8, 4) is 11.5 Å². The lowest BCUT2D eigenvalue weighted by Gasteiger charge is -2.55. The fourth-order valence-corrected chi connectivity index (χ4v) is 10.5. The van der Waals surface area contributed by atoms with Crippen LogP contribution in [0.5, 0.6) is 11.5 Å². The summed E-state index contributed by atoms with van der Waals surface area (Å²) in [6, 6.07) is 5.26. The van der Waals surface area contributed by atoms with Gasteiger partial charge in [0, 0.05) is 12.1 Å². The van der Waals surface area contributed by atoms with Crippen LogP contribution in [0, 0.1) is 52.8 Å². The zero-order chi connectivity index (χ0) is 27.8. The summed E-state index contributed by atoms with van der Waals surface area (Å²) in [6.07, 6.45) is 11.7. The van der Waals surface area contributed by atoms with Crippen molar-refractivity contribution in [3.63, 3.8) is 0 Å². The maximum absolute atomic E-state index is 13.8. The molecule has 1 unspecified atom stereocenters. The molecule has 0 spiro atoms. The highest BCUT2D eigenvalue weighted by atomic mass is 16.6. The molecule has 2 N–H and O–H groups in total. The van der Waals surface area contributed by atoms with E-state index in [2.05, 4.69) is 26.1 Å².